The van der Waals surface area contributed by atoms with Crippen molar-refractivity contribution in [2.75, 3.05) is 5.73 Å². The third-order valence-corrected chi connectivity index (χ3v) is 3.94. The number of thioether (sulfide) groups is 1. The van der Waals surface area contributed by atoms with E-state index in [1.54, 1.807) is 24.9 Å². The largest absolute Gasteiger partial charge is 0.398 e. The van der Waals surface area contributed by atoms with Crippen molar-refractivity contribution < 1.29 is 5.11 Å². The first kappa shape index (κ1) is 11.3. The number of aromatic amines is 1. The van der Waals surface area contributed by atoms with Gasteiger partial charge in [0.05, 0.1) is 17.8 Å². The Balaban J connectivity index is 2.32. The predicted molar refractivity (Wildman–Crippen MR) is 67.5 cm³/mol. The van der Waals surface area contributed by atoms with E-state index in [1.807, 2.05) is 19.1 Å². The molecule has 2 unspecified atom stereocenters. The number of hydrogen-bond donors (Lipinski definition) is 3. The average Bonchev–Trinajstić information content (AvgIpc) is 2.65. The van der Waals surface area contributed by atoms with Crippen LogP contribution in [0.25, 0.3) is 10.9 Å². The number of fused-ring (bicyclic) bond motifs is 1. The van der Waals surface area contributed by atoms with Gasteiger partial charge in [0.1, 0.15) is 0 Å². The molecule has 2 rings (SSSR count). The maximum Gasteiger partial charge on any atom is 0.0662 e. The van der Waals surface area contributed by atoms with Gasteiger partial charge in [-0.25, -0.2) is 0 Å². The summed E-state index contributed by atoms with van der Waals surface area (Å²) < 4.78 is 0. The molecule has 86 valence electrons. The maximum absolute atomic E-state index is 9.46. The molecule has 0 aliphatic heterocycles. The lowest BCUT2D eigenvalue weighted by Gasteiger charge is -2.15. The number of nitrogen functional groups attached to an aromatic ring is 1. The number of aliphatic hydroxyl groups is 1. The Morgan fingerprint density at radius 3 is 2.88 bits per heavy atom. The van der Waals surface area contributed by atoms with Crippen LogP contribution in [0.15, 0.2) is 23.2 Å². The normalized spacial score (nSPS) is 15.2. The summed E-state index contributed by atoms with van der Waals surface area (Å²) in [5.41, 5.74) is 7.65. The molecule has 1 aromatic heterocycles. The molecule has 4 nitrogen and oxygen atoms in total. The second-order valence-corrected chi connectivity index (χ2v) is 5.33. The Morgan fingerprint density at radius 1 is 1.44 bits per heavy atom. The molecule has 16 heavy (non-hydrogen) atoms. The van der Waals surface area contributed by atoms with E-state index in [1.165, 1.54) is 0 Å². The van der Waals surface area contributed by atoms with Crippen molar-refractivity contribution in [2.45, 2.75) is 30.1 Å². The van der Waals surface area contributed by atoms with Crippen molar-refractivity contribution in [3.05, 3.63) is 18.3 Å². The molecule has 0 aliphatic rings. The van der Waals surface area contributed by atoms with Gasteiger partial charge in [0.25, 0.3) is 0 Å². The van der Waals surface area contributed by atoms with E-state index < -0.39 is 0 Å². The maximum atomic E-state index is 9.46. The number of nitrogens with zero attached hydrogens (tertiary/aromatic N) is 1. The number of benzene rings is 1. The minimum Gasteiger partial charge on any atom is -0.398 e. The zero-order chi connectivity index (χ0) is 11.7. The van der Waals surface area contributed by atoms with E-state index in [2.05, 4.69) is 10.2 Å². The van der Waals surface area contributed by atoms with Gasteiger partial charge in [-0.3, -0.25) is 5.10 Å². The summed E-state index contributed by atoms with van der Waals surface area (Å²) in [5.74, 6) is 0. The van der Waals surface area contributed by atoms with Gasteiger partial charge < -0.3 is 10.8 Å². The van der Waals surface area contributed by atoms with Gasteiger partial charge in [-0.15, -0.1) is 11.8 Å². The average molecular weight is 237 g/mol. The van der Waals surface area contributed by atoms with Crippen LogP contribution < -0.4 is 5.73 Å². The number of aromatic nitrogens is 2. The van der Waals surface area contributed by atoms with Crippen LogP contribution in [-0.2, 0) is 0 Å². The van der Waals surface area contributed by atoms with Gasteiger partial charge in [-0.05, 0) is 19.1 Å². The van der Waals surface area contributed by atoms with Crippen molar-refractivity contribution in [1.29, 1.82) is 0 Å². The van der Waals surface area contributed by atoms with Crippen LogP contribution in [0.2, 0.25) is 0 Å². The monoisotopic (exact) mass is 237 g/mol. The molecular weight excluding hydrogens is 222 g/mol. The summed E-state index contributed by atoms with van der Waals surface area (Å²) in [5, 5.41) is 17.5. The molecule has 0 fully saturated rings. The van der Waals surface area contributed by atoms with Crippen LogP contribution in [0, 0.1) is 0 Å². The Kier molecular flexibility index (Phi) is 3.07. The zero-order valence-corrected chi connectivity index (χ0v) is 10.1. The predicted octanol–water partition coefficient (Wildman–Crippen LogP) is 2.01. The summed E-state index contributed by atoms with van der Waals surface area (Å²) in [6.45, 7) is 3.76. The number of aliphatic hydroxyl groups excluding tert-OH is 1. The Hall–Kier alpha value is -1.20. The molecule has 0 aliphatic carbocycles. The van der Waals surface area contributed by atoms with Gasteiger partial charge in [0.2, 0.25) is 0 Å². The van der Waals surface area contributed by atoms with E-state index in [4.69, 9.17) is 5.73 Å². The SMILES string of the molecule is CC(O)C(C)Sc1cc2[nH]ncc2cc1N. The van der Waals surface area contributed by atoms with Crippen LogP contribution in [-0.4, -0.2) is 26.7 Å². The van der Waals surface area contributed by atoms with Crippen LogP contribution in [0.5, 0.6) is 0 Å². The Morgan fingerprint density at radius 2 is 2.19 bits per heavy atom. The van der Waals surface area contributed by atoms with E-state index in [9.17, 15) is 5.11 Å². The highest BCUT2D eigenvalue weighted by molar-refractivity contribution is 8.00. The smallest absolute Gasteiger partial charge is 0.0662 e. The summed E-state index contributed by atoms with van der Waals surface area (Å²) in [6.07, 6.45) is 1.39. The first-order chi connectivity index (χ1) is 7.58. The van der Waals surface area contributed by atoms with Gasteiger partial charge in [0, 0.05) is 21.2 Å². The van der Waals surface area contributed by atoms with Crippen molar-refractivity contribution >= 4 is 28.4 Å². The highest BCUT2D eigenvalue weighted by Crippen LogP contribution is 2.32. The van der Waals surface area contributed by atoms with E-state index in [-0.39, 0.29) is 11.4 Å². The lowest BCUT2D eigenvalue weighted by molar-refractivity contribution is 0.196. The Labute approximate surface area is 98.2 Å². The molecule has 5 heteroatoms. The Bertz CT molecular complexity index is 495. The molecule has 0 amide bonds. The van der Waals surface area contributed by atoms with Crippen molar-refractivity contribution in [2.24, 2.45) is 0 Å². The van der Waals surface area contributed by atoms with E-state index >= 15 is 0 Å². The van der Waals surface area contributed by atoms with E-state index in [0.29, 0.717) is 0 Å². The summed E-state index contributed by atoms with van der Waals surface area (Å²) >= 11 is 1.57. The van der Waals surface area contributed by atoms with Gasteiger partial charge in [-0.2, -0.15) is 5.10 Å². The number of nitrogens with two attached hydrogens (primary N) is 1. The fraction of sp³-hybridized carbons (Fsp3) is 0.364. The summed E-state index contributed by atoms with van der Waals surface area (Å²) in [4.78, 5) is 0.977. The second-order valence-electron chi connectivity index (χ2n) is 3.91. The number of anilines is 1. The van der Waals surface area contributed by atoms with Crippen LogP contribution in [0.3, 0.4) is 0 Å². The quantitative estimate of drug-likeness (QED) is 0.564. The topological polar surface area (TPSA) is 74.9 Å². The molecule has 2 atom stereocenters. The lowest BCUT2D eigenvalue weighted by atomic mass is 10.2. The van der Waals surface area contributed by atoms with Gasteiger partial charge >= 0.3 is 0 Å². The number of H-pyrrole nitrogens is 1. The molecule has 1 aromatic carbocycles. The summed E-state index contributed by atoms with van der Waals surface area (Å²) in [6, 6.07) is 3.87. The van der Waals surface area contributed by atoms with Gasteiger partial charge in [0.15, 0.2) is 0 Å². The van der Waals surface area contributed by atoms with E-state index in [0.717, 1.165) is 21.5 Å². The first-order valence-electron chi connectivity index (χ1n) is 5.15. The van der Waals surface area contributed by atoms with Crippen LogP contribution in [0.4, 0.5) is 5.69 Å². The minimum absolute atomic E-state index is 0.114. The van der Waals surface area contributed by atoms with Crippen LogP contribution >= 0.6 is 11.8 Å². The van der Waals surface area contributed by atoms with Crippen molar-refractivity contribution in [1.82, 2.24) is 10.2 Å². The third-order valence-electron chi connectivity index (χ3n) is 2.56. The molecule has 0 saturated carbocycles. The van der Waals surface area contributed by atoms with Crippen molar-refractivity contribution in [3.8, 4) is 0 Å². The molecule has 0 bridgehead atoms. The molecule has 1 heterocycles. The van der Waals surface area contributed by atoms with Crippen LogP contribution in [0.1, 0.15) is 13.8 Å². The zero-order valence-electron chi connectivity index (χ0n) is 9.27. The lowest BCUT2D eigenvalue weighted by Crippen LogP contribution is -2.15. The van der Waals surface area contributed by atoms with Crippen molar-refractivity contribution in [3.63, 3.8) is 0 Å². The molecule has 0 radical (unpaired) electrons. The molecule has 4 N–H and O–H groups in total. The molecule has 2 aromatic rings. The fourth-order valence-corrected chi connectivity index (χ4v) is 2.37. The van der Waals surface area contributed by atoms with Gasteiger partial charge in [-0.1, -0.05) is 6.92 Å². The minimum atomic E-state index is -0.359. The first-order valence-corrected chi connectivity index (χ1v) is 6.03. The molecular formula is C11H15N3OS. The highest BCUT2D eigenvalue weighted by atomic mass is 32.2. The highest BCUT2D eigenvalue weighted by Gasteiger charge is 2.13. The second kappa shape index (κ2) is 4.35. The fourth-order valence-electron chi connectivity index (χ4n) is 1.39. The standard InChI is InChI=1S/C11H15N3OS/c1-6(15)7(2)16-11-4-10-8(3-9(11)12)5-13-14-10/h3-7,15H,12H2,1-2H3,(H,13,14). The molecule has 0 spiro atoms. The number of rotatable bonds is 3. The third kappa shape index (κ3) is 2.15. The molecule has 0 saturated heterocycles. The number of nitrogens with one attached hydrogen (secondary N) is 1. The number of hydrogen-bond acceptors (Lipinski definition) is 4. The summed E-state index contributed by atoms with van der Waals surface area (Å²) in [7, 11) is 0.